The lowest BCUT2D eigenvalue weighted by molar-refractivity contribution is 0.112. The van der Waals surface area contributed by atoms with Crippen LogP contribution >= 0.6 is 0 Å². The number of rotatable bonds is 3. The lowest BCUT2D eigenvalue weighted by Gasteiger charge is -2.21. The van der Waals surface area contributed by atoms with Crippen LogP contribution in [0.25, 0.3) is 0 Å². The third-order valence-electron chi connectivity index (χ3n) is 3.60. The molecule has 0 amide bonds. The second-order valence-electron chi connectivity index (χ2n) is 6.48. The highest BCUT2D eigenvalue weighted by Crippen LogP contribution is 2.31. The van der Waals surface area contributed by atoms with Gasteiger partial charge >= 0.3 is 0 Å². The second kappa shape index (κ2) is 5.72. The number of benzene rings is 2. The van der Waals surface area contributed by atoms with E-state index in [1.807, 2.05) is 25.1 Å². The van der Waals surface area contributed by atoms with Crippen molar-refractivity contribution in [2.75, 3.05) is 0 Å². The number of aldehydes is 1. The molecule has 2 rings (SSSR count). The van der Waals surface area contributed by atoms with Gasteiger partial charge in [0.25, 0.3) is 0 Å². The number of carbonyl (C=O) groups is 1. The summed E-state index contributed by atoms with van der Waals surface area (Å²) in [5.74, 6) is 1.64. The topological polar surface area (TPSA) is 26.3 Å². The first kappa shape index (κ1) is 15.3. The predicted octanol–water partition coefficient (Wildman–Crippen LogP) is 5.21. The second-order valence-corrected chi connectivity index (χ2v) is 6.48. The smallest absolute Gasteiger partial charge is 0.150 e. The number of ether oxygens (including phenoxy) is 1. The summed E-state index contributed by atoms with van der Waals surface area (Å²) in [5, 5.41) is 0. The van der Waals surface area contributed by atoms with Gasteiger partial charge in [0.2, 0.25) is 0 Å². The van der Waals surface area contributed by atoms with Crippen molar-refractivity contribution in [3.8, 4) is 11.5 Å². The third-order valence-corrected chi connectivity index (χ3v) is 3.60. The molecule has 0 aromatic heterocycles. The Morgan fingerprint density at radius 1 is 0.905 bits per heavy atom. The highest BCUT2D eigenvalue weighted by atomic mass is 16.5. The van der Waals surface area contributed by atoms with E-state index in [-0.39, 0.29) is 5.41 Å². The van der Waals surface area contributed by atoms with Crippen molar-refractivity contribution in [1.29, 1.82) is 0 Å². The van der Waals surface area contributed by atoms with E-state index in [1.165, 1.54) is 5.56 Å². The van der Waals surface area contributed by atoms with Gasteiger partial charge in [0.15, 0.2) is 0 Å². The fourth-order valence-electron chi connectivity index (χ4n) is 2.21. The monoisotopic (exact) mass is 282 g/mol. The molecule has 0 atom stereocenters. The molecule has 2 nitrogen and oxygen atoms in total. The summed E-state index contributed by atoms with van der Waals surface area (Å²) in [7, 11) is 0. The van der Waals surface area contributed by atoms with Crippen LogP contribution in [0.3, 0.4) is 0 Å². The van der Waals surface area contributed by atoms with Gasteiger partial charge in [-0.15, -0.1) is 0 Å². The molecular weight excluding hydrogens is 260 g/mol. The van der Waals surface area contributed by atoms with E-state index in [0.29, 0.717) is 5.56 Å². The van der Waals surface area contributed by atoms with Crippen LogP contribution in [-0.4, -0.2) is 6.29 Å². The van der Waals surface area contributed by atoms with Crippen LogP contribution in [0.15, 0.2) is 36.4 Å². The summed E-state index contributed by atoms with van der Waals surface area (Å²) in [6, 6.07) is 11.7. The van der Waals surface area contributed by atoms with Crippen LogP contribution in [0.2, 0.25) is 0 Å². The van der Waals surface area contributed by atoms with Gasteiger partial charge in [0, 0.05) is 5.56 Å². The van der Waals surface area contributed by atoms with Crippen molar-refractivity contribution in [3.05, 3.63) is 58.7 Å². The van der Waals surface area contributed by atoms with Gasteiger partial charge in [-0.05, 0) is 60.2 Å². The molecule has 2 aromatic rings. The zero-order chi connectivity index (χ0) is 15.6. The third kappa shape index (κ3) is 3.52. The molecule has 0 aliphatic rings. The first-order valence-electron chi connectivity index (χ1n) is 7.16. The van der Waals surface area contributed by atoms with Crippen LogP contribution in [0.4, 0.5) is 0 Å². The summed E-state index contributed by atoms with van der Waals surface area (Å²) < 4.78 is 5.99. The average Bonchev–Trinajstić information content (AvgIpc) is 2.41. The zero-order valence-electron chi connectivity index (χ0n) is 13.4. The van der Waals surface area contributed by atoms with Gasteiger partial charge in [-0.3, -0.25) is 4.79 Å². The Morgan fingerprint density at radius 3 is 1.95 bits per heavy atom. The van der Waals surface area contributed by atoms with E-state index in [9.17, 15) is 4.79 Å². The van der Waals surface area contributed by atoms with Crippen molar-refractivity contribution >= 4 is 6.29 Å². The minimum absolute atomic E-state index is 0.130. The van der Waals surface area contributed by atoms with Crippen LogP contribution in [-0.2, 0) is 5.41 Å². The largest absolute Gasteiger partial charge is 0.457 e. The molecule has 21 heavy (non-hydrogen) atoms. The summed E-state index contributed by atoms with van der Waals surface area (Å²) in [4.78, 5) is 10.8. The molecule has 0 heterocycles. The fourth-order valence-corrected chi connectivity index (χ4v) is 2.21. The quantitative estimate of drug-likeness (QED) is 0.723. The molecule has 0 unspecified atom stereocenters. The van der Waals surface area contributed by atoms with Gasteiger partial charge in [-0.1, -0.05) is 32.9 Å². The van der Waals surface area contributed by atoms with Crippen molar-refractivity contribution in [2.24, 2.45) is 0 Å². The van der Waals surface area contributed by atoms with Crippen molar-refractivity contribution in [1.82, 2.24) is 0 Å². The number of aryl methyl sites for hydroxylation is 2. The van der Waals surface area contributed by atoms with E-state index in [2.05, 4.69) is 39.8 Å². The molecular formula is C19H22O2. The van der Waals surface area contributed by atoms with E-state index in [1.54, 1.807) is 6.07 Å². The van der Waals surface area contributed by atoms with Gasteiger partial charge in [-0.2, -0.15) is 0 Å². The van der Waals surface area contributed by atoms with Crippen molar-refractivity contribution < 1.29 is 9.53 Å². The maximum Gasteiger partial charge on any atom is 0.150 e. The molecule has 2 aromatic carbocycles. The molecule has 0 fully saturated rings. The molecule has 0 saturated heterocycles. The molecule has 0 spiro atoms. The minimum atomic E-state index is 0.130. The van der Waals surface area contributed by atoms with Crippen molar-refractivity contribution in [2.45, 2.75) is 40.0 Å². The van der Waals surface area contributed by atoms with Gasteiger partial charge in [0.1, 0.15) is 17.8 Å². The lowest BCUT2D eigenvalue weighted by atomic mass is 9.86. The van der Waals surface area contributed by atoms with E-state index in [4.69, 9.17) is 4.74 Å². The Labute approximate surface area is 126 Å². The Morgan fingerprint density at radius 2 is 1.48 bits per heavy atom. The Kier molecular flexibility index (Phi) is 4.17. The van der Waals surface area contributed by atoms with Crippen LogP contribution in [0.1, 0.15) is 47.8 Å². The lowest BCUT2D eigenvalue weighted by Crippen LogP contribution is -2.11. The number of hydrogen-bond acceptors (Lipinski definition) is 2. The van der Waals surface area contributed by atoms with Crippen LogP contribution < -0.4 is 4.74 Å². The van der Waals surface area contributed by atoms with Crippen molar-refractivity contribution in [3.63, 3.8) is 0 Å². The predicted molar refractivity (Wildman–Crippen MR) is 86.5 cm³/mol. The molecule has 0 N–H and O–H groups in total. The average molecular weight is 282 g/mol. The Bertz CT molecular complexity index is 664. The van der Waals surface area contributed by atoms with E-state index < -0.39 is 0 Å². The highest BCUT2D eigenvalue weighted by molar-refractivity contribution is 5.75. The first-order valence-corrected chi connectivity index (χ1v) is 7.16. The Balaban J connectivity index is 2.30. The van der Waals surface area contributed by atoms with Crippen LogP contribution in [0.5, 0.6) is 11.5 Å². The van der Waals surface area contributed by atoms with Gasteiger partial charge in [-0.25, -0.2) is 0 Å². The van der Waals surface area contributed by atoms with Gasteiger partial charge in [0.05, 0.1) is 0 Å². The van der Waals surface area contributed by atoms with Gasteiger partial charge < -0.3 is 4.74 Å². The zero-order valence-corrected chi connectivity index (χ0v) is 13.4. The summed E-state index contributed by atoms with van der Waals surface area (Å²) in [6.45, 7) is 10.6. The SMILES string of the molecule is Cc1cc(C=O)ccc1Oc1ccc(C(C)(C)C)cc1C. The summed E-state index contributed by atoms with van der Waals surface area (Å²) in [6.07, 6.45) is 0.847. The maximum atomic E-state index is 10.8. The minimum Gasteiger partial charge on any atom is -0.457 e. The molecule has 0 bridgehead atoms. The molecule has 0 saturated carbocycles. The van der Waals surface area contributed by atoms with E-state index >= 15 is 0 Å². The maximum absolute atomic E-state index is 10.8. The summed E-state index contributed by atoms with van der Waals surface area (Å²) >= 11 is 0. The first-order chi connectivity index (χ1) is 9.81. The van der Waals surface area contributed by atoms with E-state index in [0.717, 1.165) is 28.9 Å². The van der Waals surface area contributed by atoms with Crippen LogP contribution in [0, 0.1) is 13.8 Å². The molecule has 0 aliphatic carbocycles. The fraction of sp³-hybridized carbons (Fsp3) is 0.316. The Hall–Kier alpha value is -2.09. The normalized spacial score (nSPS) is 11.3. The highest BCUT2D eigenvalue weighted by Gasteiger charge is 2.15. The number of carbonyl (C=O) groups excluding carboxylic acids is 1. The standard InChI is InChI=1S/C19H22O2/c1-13-10-15(12-20)6-8-17(13)21-18-9-7-16(11-14(18)2)19(3,4)5/h6-12H,1-5H3. The molecule has 110 valence electrons. The molecule has 0 radical (unpaired) electrons. The molecule has 0 aliphatic heterocycles. The summed E-state index contributed by atoms with van der Waals surface area (Å²) in [5.41, 5.74) is 4.16. The number of hydrogen-bond donors (Lipinski definition) is 0. The molecule has 2 heteroatoms.